The van der Waals surface area contributed by atoms with E-state index >= 15 is 0 Å². The molecule has 1 atom stereocenters. The van der Waals surface area contributed by atoms with Crippen LogP contribution in [0.15, 0.2) is 12.1 Å². The standard InChI is InChI=1S/C14H17Cl2NO3/c1-7-5-9(16)10(6-8(7)15)17-12(18)11(13(19)20)14(2,3)4/h5-6,11H,1-4H3,(H,17,18)(H,19,20). The summed E-state index contributed by atoms with van der Waals surface area (Å²) >= 11 is 12.0. The van der Waals surface area contributed by atoms with Crippen molar-refractivity contribution in [2.75, 3.05) is 5.32 Å². The zero-order valence-electron chi connectivity index (χ0n) is 11.8. The van der Waals surface area contributed by atoms with Gasteiger partial charge >= 0.3 is 5.97 Å². The lowest BCUT2D eigenvalue weighted by Gasteiger charge is -2.26. The molecule has 0 aliphatic carbocycles. The highest BCUT2D eigenvalue weighted by atomic mass is 35.5. The minimum Gasteiger partial charge on any atom is -0.481 e. The van der Waals surface area contributed by atoms with Gasteiger partial charge in [-0.25, -0.2) is 0 Å². The molecular weight excluding hydrogens is 301 g/mol. The summed E-state index contributed by atoms with van der Waals surface area (Å²) in [6, 6.07) is 3.13. The summed E-state index contributed by atoms with van der Waals surface area (Å²) in [7, 11) is 0. The number of hydrogen-bond donors (Lipinski definition) is 2. The van der Waals surface area contributed by atoms with Gasteiger partial charge in [-0.05, 0) is 30.0 Å². The largest absolute Gasteiger partial charge is 0.481 e. The maximum absolute atomic E-state index is 12.2. The van der Waals surface area contributed by atoms with E-state index < -0.39 is 23.2 Å². The van der Waals surface area contributed by atoms with Crippen LogP contribution in [0, 0.1) is 18.3 Å². The second-order valence-corrected chi connectivity index (χ2v) is 6.52. The molecular formula is C14H17Cl2NO3. The van der Waals surface area contributed by atoms with Gasteiger partial charge < -0.3 is 10.4 Å². The number of halogens is 2. The number of carbonyl (C=O) groups excluding carboxylic acids is 1. The number of nitrogens with one attached hydrogen (secondary N) is 1. The molecule has 2 N–H and O–H groups in total. The molecule has 0 aliphatic heterocycles. The van der Waals surface area contributed by atoms with E-state index in [4.69, 9.17) is 23.2 Å². The Morgan fingerprint density at radius 3 is 2.20 bits per heavy atom. The lowest BCUT2D eigenvalue weighted by Crippen LogP contribution is -2.39. The van der Waals surface area contributed by atoms with Crippen molar-refractivity contribution in [1.82, 2.24) is 0 Å². The predicted molar refractivity (Wildman–Crippen MR) is 80.4 cm³/mol. The third kappa shape index (κ3) is 3.87. The number of rotatable bonds is 3. The summed E-state index contributed by atoms with van der Waals surface area (Å²) in [6.45, 7) is 6.86. The first kappa shape index (κ1) is 16.8. The monoisotopic (exact) mass is 317 g/mol. The molecule has 6 heteroatoms. The molecule has 1 rings (SSSR count). The van der Waals surface area contributed by atoms with Gasteiger partial charge in [0.1, 0.15) is 5.92 Å². The normalized spacial score (nSPS) is 12.9. The van der Waals surface area contributed by atoms with Crippen LogP contribution in [0.5, 0.6) is 0 Å². The molecule has 20 heavy (non-hydrogen) atoms. The zero-order valence-corrected chi connectivity index (χ0v) is 13.3. The number of anilines is 1. The summed E-state index contributed by atoms with van der Waals surface area (Å²) in [5.41, 5.74) is 0.375. The topological polar surface area (TPSA) is 66.4 Å². The van der Waals surface area contributed by atoms with Crippen LogP contribution in [0.1, 0.15) is 26.3 Å². The first-order valence-electron chi connectivity index (χ1n) is 6.03. The number of aryl methyl sites for hydroxylation is 1. The van der Waals surface area contributed by atoms with Crippen LogP contribution in [0.4, 0.5) is 5.69 Å². The smallest absolute Gasteiger partial charge is 0.316 e. The van der Waals surface area contributed by atoms with Crippen molar-refractivity contribution < 1.29 is 14.7 Å². The quantitative estimate of drug-likeness (QED) is 0.828. The van der Waals surface area contributed by atoms with E-state index in [1.807, 2.05) is 0 Å². The van der Waals surface area contributed by atoms with E-state index in [-0.39, 0.29) is 0 Å². The Labute approximate surface area is 128 Å². The summed E-state index contributed by atoms with van der Waals surface area (Å²) in [5.74, 6) is -2.98. The minimum absolute atomic E-state index is 0.308. The molecule has 0 aliphatic rings. The number of carboxylic acid groups (broad SMARTS) is 1. The fourth-order valence-corrected chi connectivity index (χ4v) is 2.25. The molecule has 0 spiro atoms. The Morgan fingerprint density at radius 2 is 1.75 bits per heavy atom. The van der Waals surface area contributed by atoms with E-state index in [1.165, 1.54) is 6.07 Å². The molecule has 1 unspecified atom stereocenters. The summed E-state index contributed by atoms with van der Waals surface area (Å²) in [5, 5.41) is 12.5. The van der Waals surface area contributed by atoms with Crippen molar-refractivity contribution >= 4 is 40.8 Å². The molecule has 4 nitrogen and oxygen atoms in total. The molecule has 1 aromatic carbocycles. The molecule has 0 bridgehead atoms. The van der Waals surface area contributed by atoms with Gasteiger partial charge in [0.05, 0.1) is 10.7 Å². The Balaban J connectivity index is 3.06. The maximum Gasteiger partial charge on any atom is 0.316 e. The highest BCUT2D eigenvalue weighted by Gasteiger charge is 2.37. The Kier molecular flexibility index (Phi) is 5.05. The van der Waals surface area contributed by atoms with Gasteiger partial charge in [0.25, 0.3) is 0 Å². The molecule has 1 amide bonds. The minimum atomic E-state index is -1.18. The number of hydrogen-bond acceptors (Lipinski definition) is 2. The highest BCUT2D eigenvalue weighted by molar-refractivity contribution is 6.36. The van der Waals surface area contributed by atoms with Crippen LogP contribution in [0.25, 0.3) is 0 Å². The average Bonchev–Trinajstić information content (AvgIpc) is 2.22. The molecule has 1 aromatic rings. The Morgan fingerprint density at radius 1 is 1.20 bits per heavy atom. The second-order valence-electron chi connectivity index (χ2n) is 5.71. The lowest BCUT2D eigenvalue weighted by atomic mass is 9.80. The second kappa shape index (κ2) is 6.02. The van der Waals surface area contributed by atoms with Gasteiger partial charge in [-0.15, -0.1) is 0 Å². The van der Waals surface area contributed by atoms with E-state index in [1.54, 1.807) is 33.8 Å². The van der Waals surface area contributed by atoms with E-state index in [0.29, 0.717) is 15.7 Å². The molecule has 0 saturated heterocycles. The predicted octanol–water partition coefficient (Wildman–Crippen LogP) is 3.99. The first-order valence-corrected chi connectivity index (χ1v) is 6.79. The molecule has 0 heterocycles. The average molecular weight is 318 g/mol. The fourth-order valence-electron chi connectivity index (χ4n) is 1.82. The van der Waals surface area contributed by atoms with Crippen LogP contribution in [-0.2, 0) is 9.59 Å². The number of aliphatic carboxylic acids is 1. The van der Waals surface area contributed by atoms with Crippen LogP contribution in [0.2, 0.25) is 10.0 Å². The van der Waals surface area contributed by atoms with Gasteiger partial charge in [-0.2, -0.15) is 0 Å². The van der Waals surface area contributed by atoms with Gasteiger partial charge in [0.15, 0.2) is 0 Å². The number of benzene rings is 1. The van der Waals surface area contributed by atoms with Crippen LogP contribution < -0.4 is 5.32 Å². The van der Waals surface area contributed by atoms with Gasteiger partial charge in [0, 0.05) is 5.02 Å². The summed E-state index contributed by atoms with van der Waals surface area (Å²) in [4.78, 5) is 23.4. The first-order chi connectivity index (χ1) is 9.04. The van der Waals surface area contributed by atoms with Crippen molar-refractivity contribution in [2.45, 2.75) is 27.7 Å². The third-order valence-electron chi connectivity index (χ3n) is 2.88. The Hall–Kier alpha value is -1.26. The van der Waals surface area contributed by atoms with Crippen LogP contribution in [0.3, 0.4) is 0 Å². The van der Waals surface area contributed by atoms with E-state index in [2.05, 4.69) is 5.32 Å². The highest BCUT2D eigenvalue weighted by Crippen LogP contribution is 2.31. The van der Waals surface area contributed by atoms with Gasteiger partial charge in [0.2, 0.25) is 5.91 Å². The van der Waals surface area contributed by atoms with E-state index in [0.717, 1.165) is 5.56 Å². The number of amides is 1. The SMILES string of the molecule is Cc1cc(Cl)c(NC(=O)C(C(=O)O)C(C)(C)C)cc1Cl. The molecule has 0 fully saturated rings. The van der Waals surface area contributed by atoms with Gasteiger partial charge in [-0.1, -0.05) is 44.0 Å². The van der Waals surface area contributed by atoms with E-state index in [9.17, 15) is 14.7 Å². The van der Waals surface area contributed by atoms with Crippen molar-refractivity contribution in [1.29, 1.82) is 0 Å². The van der Waals surface area contributed by atoms with Crippen LogP contribution in [-0.4, -0.2) is 17.0 Å². The summed E-state index contributed by atoms with van der Waals surface area (Å²) < 4.78 is 0. The number of carbonyl (C=O) groups is 2. The zero-order chi connectivity index (χ0) is 15.7. The Bertz CT molecular complexity index is 550. The fraction of sp³-hybridized carbons (Fsp3) is 0.429. The van der Waals surface area contributed by atoms with Gasteiger partial charge in [-0.3, -0.25) is 9.59 Å². The lowest BCUT2D eigenvalue weighted by molar-refractivity contribution is -0.149. The third-order valence-corrected chi connectivity index (χ3v) is 3.60. The molecule has 110 valence electrons. The molecule has 0 radical (unpaired) electrons. The molecule has 0 saturated carbocycles. The van der Waals surface area contributed by atoms with Crippen molar-refractivity contribution in [3.63, 3.8) is 0 Å². The molecule has 0 aromatic heterocycles. The van der Waals surface area contributed by atoms with Crippen LogP contribution >= 0.6 is 23.2 Å². The number of carboxylic acids is 1. The van der Waals surface area contributed by atoms with Crippen molar-refractivity contribution in [2.24, 2.45) is 11.3 Å². The van der Waals surface area contributed by atoms with Crippen molar-refractivity contribution in [3.8, 4) is 0 Å². The summed E-state index contributed by atoms with van der Waals surface area (Å²) in [6.07, 6.45) is 0. The van der Waals surface area contributed by atoms with Crippen molar-refractivity contribution in [3.05, 3.63) is 27.7 Å². The maximum atomic E-state index is 12.2.